The Morgan fingerprint density at radius 3 is 2.52 bits per heavy atom. The normalized spacial score (nSPS) is 14.6. The summed E-state index contributed by atoms with van der Waals surface area (Å²) >= 11 is 1.82. The number of piperazine rings is 1. The number of hydrogen-bond acceptors (Lipinski definition) is 4. The van der Waals surface area contributed by atoms with Crippen LogP contribution < -0.4 is 10.2 Å². The fourth-order valence-electron chi connectivity index (χ4n) is 3.82. The van der Waals surface area contributed by atoms with Crippen molar-refractivity contribution in [2.45, 2.75) is 12.8 Å². The van der Waals surface area contributed by atoms with Gasteiger partial charge in [0.2, 0.25) is 0 Å². The Balaban J connectivity index is 0.00000240. The number of thiophene rings is 1. The molecule has 1 aromatic heterocycles. The second-order valence-corrected chi connectivity index (χ2v) is 8.21. The van der Waals surface area contributed by atoms with Crippen LogP contribution in [0.4, 0.5) is 5.69 Å². The first kappa shape index (κ1) is 21.6. The molecule has 0 aliphatic carbocycles. The van der Waals surface area contributed by atoms with Gasteiger partial charge in [-0.2, -0.15) is 0 Å². The van der Waals surface area contributed by atoms with Crippen LogP contribution in [0, 0.1) is 0 Å². The summed E-state index contributed by atoms with van der Waals surface area (Å²) in [6.45, 7) is 6.23. The maximum atomic E-state index is 12.0. The summed E-state index contributed by atoms with van der Waals surface area (Å²) in [5.41, 5.74) is 2.11. The summed E-state index contributed by atoms with van der Waals surface area (Å²) in [5, 5.41) is 6.58. The molecule has 29 heavy (non-hydrogen) atoms. The SMILES string of the molecule is Cl.O=C(NCCCCN1CCN(c2cccc3sccc23)CC1)c1ccccc1. The quantitative estimate of drug-likeness (QED) is 0.555. The van der Waals surface area contributed by atoms with Crippen LogP contribution >= 0.6 is 23.7 Å². The first-order chi connectivity index (χ1) is 13.8. The number of rotatable bonds is 7. The summed E-state index contributed by atoms with van der Waals surface area (Å²) < 4.78 is 1.37. The van der Waals surface area contributed by atoms with Crippen molar-refractivity contribution < 1.29 is 4.79 Å². The lowest BCUT2D eigenvalue weighted by atomic mass is 10.1. The van der Waals surface area contributed by atoms with E-state index in [1.165, 1.54) is 15.8 Å². The molecule has 0 radical (unpaired) electrons. The maximum Gasteiger partial charge on any atom is 0.251 e. The highest BCUT2D eigenvalue weighted by Gasteiger charge is 2.18. The summed E-state index contributed by atoms with van der Waals surface area (Å²) in [6.07, 6.45) is 2.14. The van der Waals surface area contributed by atoms with Gasteiger partial charge in [0.15, 0.2) is 0 Å². The lowest BCUT2D eigenvalue weighted by Crippen LogP contribution is -2.46. The van der Waals surface area contributed by atoms with Gasteiger partial charge in [-0.25, -0.2) is 0 Å². The number of benzene rings is 2. The van der Waals surface area contributed by atoms with E-state index >= 15 is 0 Å². The van der Waals surface area contributed by atoms with E-state index in [9.17, 15) is 4.79 Å². The van der Waals surface area contributed by atoms with E-state index in [1.807, 2.05) is 41.7 Å². The van der Waals surface area contributed by atoms with Gasteiger partial charge in [0.1, 0.15) is 0 Å². The summed E-state index contributed by atoms with van der Waals surface area (Å²) in [5.74, 6) is 0.0248. The summed E-state index contributed by atoms with van der Waals surface area (Å²) in [4.78, 5) is 17.1. The molecule has 2 heterocycles. The number of fused-ring (bicyclic) bond motifs is 1. The number of carbonyl (C=O) groups is 1. The first-order valence-electron chi connectivity index (χ1n) is 10.1. The largest absolute Gasteiger partial charge is 0.368 e. The van der Waals surface area contributed by atoms with Gasteiger partial charge in [0.25, 0.3) is 5.91 Å². The van der Waals surface area contributed by atoms with Crippen molar-refractivity contribution in [2.24, 2.45) is 0 Å². The van der Waals surface area contributed by atoms with Gasteiger partial charge < -0.3 is 10.2 Å². The second-order valence-electron chi connectivity index (χ2n) is 7.27. The van der Waals surface area contributed by atoms with Gasteiger partial charge in [-0.15, -0.1) is 23.7 Å². The van der Waals surface area contributed by atoms with Crippen LogP contribution in [0.25, 0.3) is 10.1 Å². The molecule has 3 aromatic rings. The third kappa shape index (κ3) is 5.50. The van der Waals surface area contributed by atoms with Crippen LogP contribution in [0.5, 0.6) is 0 Å². The monoisotopic (exact) mass is 429 g/mol. The van der Waals surface area contributed by atoms with Crippen LogP contribution in [0.3, 0.4) is 0 Å². The predicted molar refractivity (Wildman–Crippen MR) is 126 cm³/mol. The zero-order valence-electron chi connectivity index (χ0n) is 16.5. The zero-order valence-corrected chi connectivity index (χ0v) is 18.2. The fourth-order valence-corrected chi connectivity index (χ4v) is 4.63. The summed E-state index contributed by atoms with van der Waals surface area (Å²) in [7, 11) is 0. The number of nitrogens with one attached hydrogen (secondary N) is 1. The van der Waals surface area contributed by atoms with Gasteiger partial charge >= 0.3 is 0 Å². The number of carbonyl (C=O) groups excluding carboxylic acids is 1. The molecule has 1 amide bonds. The van der Waals surface area contributed by atoms with E-state index in [1.54, 1.807) is 0 Å². The van der Waals surface area contributed by atoms with E-state index in [0.29, 0.717) is 0 Å². The lowest BCUT2D eigenvalue weighted by molar-refractivity contribution is 0.0952. The Kier molecular flexibility index (Phi) is 7.92. The predicted octanol–water partition coefficient (Wildman–Crippen LogP) is 4.66. The molecule has 4 rings (SSSR count). The molecular weight excluding hydrogens is 402 g/mol. The molecule has 1 aliphatic heterocycles. The molecule has 0 bridgehead atoms. The van der Waals surface area contributed by atoms with Gasteiger partial charge in [-0.3, -0.25) is 9.69 Å². The van der Waals surface area contributed by atoms with E-state index in [-0.39, 0.29) is 18.3 Å². The van der Waals surface area contributed by atoms with Crippen molar-refractivity contribution in [2.75, 3.05) is 44.2 Å². The highest BCUT2D eigenvalue weighted by atomic mass is 35.5. The van der Waals surface area contributed by atoms with E-state index < -0.39 is 0 Å². The number of unbranched alkanes of at least 4 members (excludes halogenated alkanes) is 1. The molecule has 4 nitrogen and oxygen atoms in total. The number of halogens is 1. The highest BCUT2D eigenvalue weighted by molar-refractivity contribution is 7.17. The Bertz CT molecular complexity index is 907. The molecular formula is C23H28ClN3OS. The molecule has 1 N–H and O–H groups in total. The third-order valence-electron chi connectivity index (χ3n) is 5.41. The average molecular weight is 430 g/mol. The molecule has 2 aromatic carbocycles. The molecule has 1 saturated heterocycles. The molecule has 1 aliphatic rings. The number of anilines is 1. The average Bonchev–Trinajstić information content (AvgIpc) is 3.23. The zero-order chi connectivity index (χ0) is 19.2. The number of hydrogen-bond donors (Lipinski definition) is 1. The van der Waals surface area contributed by atoms with Crippen LogP contribution in [0.2, 0.25) is 0 Å². The minimum atomic E-state index is 0. The standard InChI is InChI=1S/C23H27N3OS.ClH/c27-23(19-7-2-1-3-8-19)24-12-4-5-13-25-14-16-26(17-15-25)21-9-6-10-22-20(21)11-18-28-22;/h1-3,6-11,18H,4-5,12-17H2,(H,24,27);1H. The van der Waals surface area contributed by atoms with Crippen molar-refractivity contribution in [1.29, 1.82) is 0 Å². The molecule has 0 saturated carbocycles. The number of nitrogens with zero attached hydrogens (tertiary/aromatic N) is 2. The van der Waals surface area contributed by atoms with Gasteiger partial charge in [0, 0.05) is 54.1 Å². The van der Waals surface area contributed by atoms with E-state index in [0.717, 1.165) is 57.7 Å². The van der Waals surface area contributed by atoms with Crippen molar-refractivity contribution in [3.8, 4) is 0 Å². The summed E-state index contributed by atoms with van der Waals surface area (Å²) in [6, 6.07) is 18.3. The number of amides is 1. The minimum absolute atomic E-state index is 0. The van der Waals surface area contributed by atoms with Crippen LogP contribution in [-0.2, 0) is 0 Å². The van der Waals surface area contributed by atoms with Gasteiger partial charge in [-0.1, -0.05) is 24.3 Å². The third-order valence-corrected chi connectivity index (χ3v) is 6.29. The first-order valence-corrected chi connectivity index (χ1v) is 11.0. The maximum absolute atomic E-state index is 12.0. The molecule has 154 valence electrons. The fraction of sp³-hybridized carbons (Fsp3) is 0.348. The molecule has 1 fully saturated rings. The molecule has 0 spiro atoms. The lowest BCUT2D eigenvalue weighted by Gasteiger charge is -2.36. The van der Waals surface area contributed by atoms with E-state index in [2.05, 4.69) is 44.8 Å². The van der Waals surface area contributed by atoms with E-state index in [4.69, 9.17) is 0 Å². The molecule has 0 unspecified atom stereocenters. The Labute approximate surface area is 182 Å². The van der Waals surface area contributed by atoms with Gasteiger partial charge in [-0.05, 0) is 55.1 Å². The van der Waals surface area contributed by atoms with Crippen molar-refractivity contribution in [3.05, 3.63) is 65.5 Å². The second kappa shape index (κ2) is 10.6. The Morgan fingerprint density at radius 1 is 0.931 bits per heavy atom. The van der Waals surface area contributed by atoms with Crippen molar-refractivity contribution in [3.63, 3.8) is 0 Å². The topological polar surface area (TPSA) is 35.6 Å². The van der Waals surface area contributed by atoms with Crippen molar-refractivity contribution >= 4 is 45.4 Å². The molecule has 6 heteroatoms. The highest BCUT2D eigenvalue weighted by Crippen LogP contribution is 2.31. The van der Waals surface area contributed by atoms with Gasteiger partial charge in [0.05, 0.1) is 0 Å². The smallest absolute Gasteiger partial charge is 0.251 e. The Morgan fingerprint density at radius 2 is 1.72 bits per heavy atom. The van der Waals surface area contributed by atoms with Crippen LogP contribution in [-0.4, -0.2) is 50.1 Å². The Hall–Kier alpha value is -2.08. The van der Waals surface area contributed by atoms with Crippen molar-refractivity contribution in [1.82, 2.24) is 10.2 Å². The van der Waals surface area contributed by atoms with Crippen LogP contribution in [0.15, 0.2) is 60.0 Å². The molecule has 0 atom stereocenters. The van der Waals surface area contributed by atoms with Crippen LogP contribution in [0.1, 0.15) is 23.2 Å². The minimum Gasteiger partial charge on any atom is -0.368 e.